The molecule has 2 aliphatic heterocycles. The van der Waals surface area contributed by atoms with Gasteiger partial charge < -0.3 is 10.8 Å². The molecule has 2 saturated heterocycles. The lowest BCUT2D eigenvalue weighted by atomic mass is 10.0. The maximum Gasteiger partial charge on any atom is 0.0679 e. The minimum atomic E-state index is -0.0961. The second-order valence-corrected chi connectivity index (χ2v) is 7.73. The van der Waals surface area contributed by atoms with Crippen LogP contribution in [0.1, 0.15) is 49.1 Å². The van der Waals surface area contributed by atoms with Crippen molar-refractivity contribution in [2.45, 2.75) is 56.7 Å². The van der Waals surface area contributed by atoms with Gasteiger partial charge in [-0.25, -0.2) is 0 Å². The van der Waals surface area contributed by atoms with Crippen LogP contribution in [0.4, 0.5) is 5.69 Å². The van der Waals surface area contributed by atoms with Crippen LogP contribution in [0, 0.1) is 0 Å². The van der Waals surface area contributed by atoms with Gasteiger partial charge in [0.1, 0.15) is 0 Å². The number of nitrogen functional groups attached to an aromatic ring is 1. The maximum atomic E-state index is 9.71. The smallest absolute Gasteiger partial charge is 0.0679 e. The molecule has 0 bridgehead atoms. The molecule has 3 fully saturated rings. The van der Waals surface area contributed by atoms with Gasteiger partial charge in [0.2, 0.25) is 0 Å². The highest BCUT2D eigenvalue weighted by molar-refractivity contribution is 5.46. The summed E-state index contributed by atoms with van der Waals surface area (Å²) in [6.07, 6.45) is 5.97. The fourth-order valence-corrected chi connectivity index (χ4v) is 4.29. The van der Waals surface area contributed by atoms with E-state index < -0.39 is 0 Å². The fraction of sp³-hybridized carbons (Fsp3) is 0.684. The number of piperidine rings is 1. The summed E-state index contributed by atoms with van der Waals surface area (Å²) in [5.41, 5.74) is 9.84. The van der Waals surface area contributed by atoms with E-state index in [0.29, 0.717) is 6.04 Å². The Morgan fingerprint density at radius 2 is 1.78 bits per heavy atom. The van der Waals surface area contributed by atoms with Crippen LogP contribution in [-0.2, 0) is 6.54 Å². The average molecular weight is 315 g/mol. The molecule has 1 aliphatic carbocycles. The summed E-state index contributed by atoms with van der Waals surface area (Å²) in [6, 6.07) is 7.35. The number of hydrogen-bond acceptors (Lipinski definition) is 4. The lowest BCUT2D eigenvalue weighted by molar-refractivity contribution is 0.106. The van der Waals surface area contributed by atoms with E-state index in [2.05, 4.69) is 28.0 Å². The highest BCUT2D eigenvalue weighted by Gasteiger charge is 2.30. The molecule has 4 rings (SSSR count). The summed E-state index contributed by atoms with van der Waals surface area (Å²) >= 11 is 0. The van der Waals surface area contributed by atoms with Crippen LogP contribution >= 0.6 is 0 Å². The molecule has 1 saturated carbocycles. The third kappa shape index (κ3) is 3.70. The Kier molecular flexibility index (Phi) is 4.31. The van der Waals surface area contributed by atoms with Gasteiger partial charge in [-0.15, -0.1) is 0 Å². The van der Waals surface area contributed by atoms with Gasteiger partial charge in [-0.3, -0.25) is 9.80 Å². The molecule has 4 heteroatoms. The van der Waals surface area contributed by atoms with E-state index >= 15 is 0 Å². The molecule has 23 heavy (non-hydrogen) atoms. The molecule has 126 valence electrons. The molecule has 0 radical (unpaired) electrons. The van der Waals surface area contributed by atoms with Crippen LogP contribution in [0.25, 0.3) is 0 Å². The number of nitrogens with two attached hydrogens (primary N) is 1. The van der Waals surface area contributed by atoms with Crippen molar-refractivity contribution in [1.82, 2.24) is 9.80 Å². The van der Waals surface area contributed by atoms with E-state index in [0.717, 1.165) is 50.7 Å². The highest BCUT2D eigenvalue weighted by atomic mass is 16.3. The average Bonchev–Trinajstić information content (AvgIpc) is 3.29. The van der Waals surface area contributed by atoms with E-state index in [1.807, 2.05) is 0 Å². The van der Waals surface area contributed by atoms with Gasteiger partial charge in [0.15, 0.2) is 0 Å². The van der Waals surface area contributed by atoms with E-state index in [1.54, 1.807) is 0 Å². The SMILES string of the molecule is Nc1cc(CN2CCC(N3CCC(O)C3)CC2)cc(C2CC2)c1. The molecule has 0 spiro atoms. The first kappa shape index (κ1) is 15.4. The lowest BCUT2D eigenvalue weighted by Gasteiger charge is -2.36. The Morgan fingerprint density at radius 1 is 1.00 bits per heavy atom. The Morgan fingerprint density at radius 3 is 2.43 bits per heavy atom. The van der Waals surface area contributed by atoms with Gasteiger partial charge in [-0.05, 0) is 74.4 Å². The Bertz CT molecular complexity index is 550. The van der Waals surface area contributed by atoms with Gasteiger partial charge in [0, 0.05) is 31.4 Å². The molecular formula is C19H29N3O. The summed E-state index contributed by atoms with van der Waals surface area (Å²) in [6.45, 7) is 5.30. The predicted octanol–water partition coefficient (Wildman–Crippen LogP) is 2.18. The quantitative estimate of drug-likeness (QED) is 0.836. The van der Waals surface area contributed by atoms with E-state index in [9.17, 15) is 5.11 Å². The van der Waals surface area contributed by atoms with Crippen molar-refractivity contribution < 1.29 is 5.11 Å². The van der Waals surface area contributed by atoms with Crippen molar-refractivity contribution in [2.75, 3.05) is 31.9 Å². The topological polar surface area (TPSA) is 52.7 Å². The summed E-state index contributed by atoms with van der Waals surface area (Å²) in [4.78, 5) is 5.06. The van der Waals surface area contributed by atoms with Crippen LogP contribution in [-0.4, -0.2) is 53.2 Å². The summed E-state index contributed by atoms with van der Waals surface area (Å²) in [5.74, 6) is 0.768. The Labute approximate surface area is 139 Å². The standard InChI is InChI=1S/C19H29N3O/c20-17-10-14(9-16(11-17)15-1-2-15)12-21-6-3-18(4-7-21)22-8-5-19(23)13-22/h9-11,15,18-19,23H,1-8,12-13,20H2. The van der Waals surface area contributed by atoms with Crippen LogP contribution in [0.15, 0.2) is 18.2 Å². The molecule has 3 aliphatic rings. The minimum Gasteiger partial charge on any atom is -0.399 e. The lowest BCUT2D eigenvalue weighted by Crippen LogP contribution is -2.44. The second-order valence-electron chi connectivity index (χ2n) is 7.73. The van der Waals surface area contributed by atoms with Crippen molar-refractivity contribution in [1.29, 1.82) is 0 Å². The zero-order chi connectivity index (χ0) is 15.8. The number of likely N-dealkylation sites (tertiary alicyclic amines) is 2. The monoisotopic (exact) mass is 315 g/mol. The molecule has 1 aromatic rings. The van der Waals surface area contributed by atoms with Crippen molar-refractivity contribution in [3.8, 4) is 0 Å². The normalized spacial score (nSPS) is 27.6. The highest BCUT2D eigenvalue weighted by Crippen LogP contribution is 2.41. The summed E-state index contributed by atoms with van der Waals surface area (Å²) < 4.78 is 0. The molecule has 1 unspecified atom stereocenters. The molecule has 0 aromatic heterocycles. The third-order valence-corrected chi connectivity index (χ3v) is 5.76. The Balaban J connectivity index is 1.32. The molecule has 2 heterocycles. The number of hydrogen-bond donors (Lipinski definition) is 2. The predicted molar refractivity (Wildman–Crippen MR) is 93.3 cm³/mol. The van der Waals surface area contributed by atoms with Crippen LogP contribution in [0.3, 0.4) is 0 Å². The molecule has 0 amide bonds. The molecule has 4 nitrogen and oxygen atoms in total. The number of benzene rings is 1. The van der Waals surface area contributed by atoms with Crippen LogP contribution in [0.2, 0.25) is 0 Å². The van der Waals surface area contributed by atoms with E-state index in [4.69, 9.17) is 5.73 Å². The molecule has 1 atom stereocenters. The number of anilines is 1. The van der Waals surface area contributed by atoms with Crippen molar-refractivity contribution >= 4 is 5.69 Å². The molecular weight excluding hydrogens is 286 g/mol. The van der Waals surface area contributed by atoms with Gasteiger partial charge in [0.05, 0.1) is 6.10 Å². The first-order chi connectivity index (χ1) is 11.2. The number of β-amino-alcohol motifs (C(OH)–C–C–N with tert-alkyl or cyclic N) is 1. The first-order valence-corrected chi connectivity index (χ1v) is 9.21. The van der Waals surface area contributed by atoms with Crippen molar-refractivity contribution in [3.63, 3.8) is 0 Å². The number of aliphatic hydroxyl groups is 1. The number of aliphatic hydroxyl groups excluding tert-OH is 1. The van der Waals surface area contributed by atoms with Crippen LogP contribution in [0.5, 0.6) is 0 Å². The van der Waals surface area contributed by atoms with Gasteiger partial charge in [-0.2, -0.15) is 0 Å². The van der Waals surface area contributed by atoms with E-state index in [1.165, 1.54) is 36.8 Å². The maximum absolute atomic E-state index is 9.71. The number of rotatable bonds is 4. The fourth-order valence-electron chi connectivity index (χ4n) is 4.29. The number of nitrogens with zero attached hydrogens (tertiary/aromatic N) is 2. The molecule has 1 aromatic carbocycles. The first-order valence-electron chi connectivity index (χ1n) is 9.21. The van der Waals surface area contributed by atoms with Crippen molar-refractivity contribution in [3.05, 3.63) is 29.3 Å². The minimum absolute atomic E-state index is 0.0961. The summed E-state index contributed by atoms with van der Waals surface area (Å²) in [7, 11) is 0. The van der Waals surface area contributed by atoms with Gasteiger partial charge in [-0.1, -0.05) is 6.07 Å². The van der Waals surface area contributed by atoms with E-state index in [-0.39, 0.29) is 6.10 Å². The van der Waals surface area contributed by atoms with Crippen molar-refractivity contribution in [2.24, 2.45) is 0 Å². The zero-order valence-electron chi connectivity index (χ0n) is 14.0. The zero-order valence-corrected chi connectivity index (χ0v) is 14.0. The second kappa shape index (κ2) is 6.42. The molecule has 3 N–H and O–H groups in total. The Hall–Kier alpha value is -1.10. The largest absolute Gasteiger partial charge is 0.399 e. The van der Waals surface area contributed by atoms with Gasteiger partial charge in [0.25, 0.3) is 0 Å². The summed E-state index contributed by atoms with van der Waals surface area (Å²) in [5, 5.41) is 9.71. The third-order valence-electron chi connectivity index (χ3n) is 5.76. The van der Waals surface area contributed by atoms with Crippen LogP contribution < -0.4 is 5.73 Å². The van der Waals surface area contributed by atoms with Gasteiger partial charge >= 0.3 is 0 Å².